The Morgan fingerprint density at radius 1 is 1.00 bits per heavy atom. The Morgan fingerprint density at radius 2 is 1.61 bits per heavy atom. The topological polar surface area (TPSA) is 75.3 Å². The maximum atomic E-state index is 12.2. The predicted octanol–water partition coefficient (Wildman–Crippen LogP) is 3.01. The fraction of sp³-hybridized carbons (Fsp3) is 0.235. The number of carbonyl (C=O) groups is 1. The molecule has 2 aromatic carbocycles. The molecule has 1 amide bonds. The van der Waals surface area contributed by atoms with Crippen LogP contribution in [-0.4, -0.2) is 20.1 Å². The highest BCUT2D eigenvalue weighted by atomic mass is 32.2. The molecular formula is C17H20N2O3S. The minimum atomic E-state index is -3.59. The summed E-state index contributed by atoms with van der Waals surface area (Å²) in [5.41, 5.74) is 2.18. The van der Waals surface area contributed by atoms with Crippen molar-refractivity contribution < 1.29 is 13.2 Å². The zero-order valence-corrected chi connectivity index (χ0v) is 13.9. The second kappa shape index (κ2) is 7.28. The predicted molar refractivity (Wildman–Crippen MR) is 92.8 cm³/mol. The van der Waals surface area contributed by atoms with Gasteiger partial charge in [-0.25, -0.2) is 8.42 Å². The molecule has 0 aliphatic rings. The highest BCUT2D eigenvalue weighted by Gasteiger charge is 2.21. The van der Waals surface area contributed by atoms with E-state index in [1.54, 1.807) is 43.3 Å². The molecule has 0 aliphatic carbocycles. The molecule has 0 spiro atoms. The molecule has 0 heterocycles. The van der Waals surface area contributed by atoms with Gasteiger partial charge in [0.05, 0.1) is 11.7 Å². The van der Waals surface area contributed by atoms with Crippen molar-refractivity contribution in [3.63, 3.8) is 0 Å². The molecule has 2 rings (SSSR count). The van der Waals surface area contributed by atoms with E-state index in [0.717, 1.165) is 5.56 Å². The Labute approximate surface area is 136 Å². The molecule has 0 aliphatic heterocycles. The largest absolute Gasteiger partial charge is 0.326 e. The van der Waals surface area contributed by atoms with Crippen molar-refractivity contribution in [2.24, 2.45) is 5.92 Å². The lowest BCUT2D eigenvalue weighted by atomic mass is 10.2. The number of nitrogens with one attached hydrogen (secondary N) is 2. The van der Waals surface area contributed by atoms with Crippen LogP contribution >= 0.6 is 0 Å². The fourth-order valence-corrected chi connectivity index (χ4v) is 3.42. The molecule has 5 nitrogen and oxygen atoms in total. The van der Waals surface area contributed by atoms with Gasteiger partial charge in [-0.3, -0.25) is 9.52 Å². The van der Waals surface area contributed by atoms with Crippen molar-refractivity contribution in [3.05, 3.63) is 60.2 Å². The van der Waals surface area contributed by atoms with Crippen LogP contribution in [0.5, 0.6) is 0 Å². The number of benzene rings is 2. The Kier molecular flexibility index (Phi) is 5.39. The molecule has 0 saturated carbocycles. The van der Waals surface area contributed by atoms with Crippen LogP contribution in [-0.2, 0) is 14.8 Å². The molecule has 2 N–H and O–H groups in total. The number of amides is 1. The summed E-state index contributed by atoms with van der Waals surface area (Å²) in [5.74, 6) is -1.27. The van der Waals surface area contributed by atoms with Crippen LogP contribution in [0.15, 0.2) is 54.6 Å². The van der Waals surface area contributed by atoms with Crippen LogP contribution in [0.4, 0.5) is 11.4 Å². The second-order valence-corrected chi connectivity index (χ2v) is 7.27. The van der Waals surface area contributed by atoms with Gasteiger partial charge >= 0.3 is 0 Å². The quantitative estimate of drug-likeness (QED) is 0.854. The molecule has 122 valence electrons. The summed E-state index contributed by atoms with van der Waals surface area (Å²) in [6.07, 6.45) is 0. The second-order valence-electron chi connectivity index (χ2n) is 5.51. The smallest absolute Gasteiger partial charge is 0.233 e. The summed E-state index contributed by atoms with van der Waals surface area (Å²) < 4.78 is 26.8. The highest BCUT2D eigenvalue weighted by Crippen LogP contribution is 2.14. The molecule has 2 aromatic rings. The van der Waals surface area contributed by atoms with E-state index in [1.165, 1.54) is 0 Å². The standard InChI is InChI=1S/C17H20N2O3S/c1-13-8-10-16(11-9-13)19-23(21,22)12-14(2)17(20)18-15-6-4-3-5-7-15/h3-11,14,19H,12H2,1-2H3,(H,18,20). The van der Waals surface area contributed by atoms with Crippen molar-refractivity contribution in [1.29, 1.82) is 0 Å². The number of rotatable bonds is 6. The molecule has 0 aromatic heterocycles. The number of hydrogen-bond donors (Lipinski definition) is 2. The van der Waals surface area contributed by atoms with Crippen molar-refractivity contribution >= 4 is 27.3 Å². The summed E-state index contributed by atoms with van der Waals surface area (Å²) >= 11 is 0. The number of hydrogen-bond acceptors (Lipinski definition) is 3. The van der Waals surface area contributed by atoms with Crippen LogP contribution in [0.25, 0.3) is 0 Å². The third-order valence-corrected chi connectivity index (χ3v) is 4.77. The van der Waals surface area contributed by atoms with Gasteiger partial charge in [-0.05, 0) is 31.2 Å². The van der Waals surface area contributed by atoms with Gasteiger partial charge in [-0.15, -0.1) is 0 Å². The molecule has 1 atom stereocenters. The normalized spacial score (nSPS) is 12.4. The Morgan fingerprint density at radius 3 is 2.22 bits per heavy atom. The van der Waals surface area contributed by atoms with Crippen LogP contribution < -0.4 is 10.0 Å². The molecule has 23 heavy (non-hydrogen) atoms. The van der Waals surface area contributed by atoms with Crippen LogP contribution in [0.1, 0.15) is 12.5 Å². The zero-order chi connectivity index (χ0) is 16.9. The van der Waals surface area contributed by atoms with E-state index < -0.39 is 15.9 Å². The van der Waals surface area contributed by atoms with Gasteiger partial charge in [0.25, 0.3) is 0 Å². The van der Waals surface area contributed by atoms with E-state index in [0.29, 0.717) is 11.4 Å². The van der Waals surface area contributed by atoms with Gasteiger partial charge < -0.3 is 5.32 Å². The Hall–Kier alpha value is -2.34. The average molecular weight is 332 g/mol. The maximum Gasteiger partial charge on any atom is 0.233 e. The molecule has 6 heteroatoms. The number of carbonyl (C=O) groups excluding carboxylic acids is 1. The molecule has 0 saturated heterocycles. The zero-order valence-electron chi connectivity index (χ0n) is 13.1. The van der Waals surface area contributed by atoms with E-state index in [9.17, 15) is 13.2 Å². The van der Waals surface area contributed by atoms with Gasteiger partial charge in [-0.2, -0.15) is 0 Å². The lowest BCUT2D eigenvalue weighted by Gasteiger charge is -2.14. The number of anilines is 2. The minimum Gasteiger partial charge on any atom is -0.326 e. The van der Waals surface area contributed by atoms with Crippen molar-refractivity contribution in [2.45, 2.75) is 13.8 Å². The van der Waals surface area contributed by atoms with Crippen LogP contribution in [0, 0.1) is 12.8 Å². The summed E-state index contributed by atoms with van der Waals surface area (Å²) in [7, 11) is -3.59. The Balaban J connectivity index is 1.96. The fourth-order valence-electron chi connectivity index (χ4n) is 2.03. The third-order valence-electron chi connectivity index (χ3n) is 3.28. The van der Waals surface area contributed by atoms with Crippen molar-refractivity contribution in [3.8, 4) is 0 Å². The molecule has 0 bridgehead atoms. The first-order chi connectivity index (χ1) is 10.9. The third kappa shape index (κ3) is 5.41. The SMILES string of the molecule is Cc1ccc(NS(=O)(=O)CC(C)C(=O)Nc2ccccc2)cc1. The van der Waals surface area contributed by atoms with E-state index in [-0.39, 0.29) is 11.7 Å². The summed E-state index contributed by atoms with van der Waals surface area (Å²) in [6, 6.07) is 16.0. The van der Waals surface area contributed by atoms with E-state index in [1.807, 2.05) is 25.1 Å². The highest BCUT2D eigenvalue weighted by molar-refractivity contribution is 7.92. The van der Waals surface area contributed by atoms with Crippen molar-refractivity contribution in [2.75, 3.05) is 15.8 Å². The lowest BCUT2D eigenvalue weighted by Crippen LogP contribution is -2.29. The molecule has 0 radical (unpaired) electrons. The molecule has 0 fully saturated rings. The summed E-state index contributed by atoms with van der Waals surface area (Å²) in [4.78, 5) is 12.1. The van der Waals surface area contributed by atoms with Gasteiger partial charge in [0.15, 0.2) is 0 Å². The maximum absolute atomic E-state index is 12.2. The molecular weight excluding hydrogens is 312 g/mol. The number of aryl methyl sites for hydroxylation is 1. The summed E-state index contributed by atoms with van der Waals surface area (Å²) in [6.45, 7) is 3.51. The van der Waals surface area contributed by atoms with Gasteiger partial charge in [-0.1, -0.05) is 42.8 Å². The lowest BCUT2D eigenvalue weighted by molar-refractivity contribution is -0.118. The van der Waals surface area contributed by atoms with Gasteiger partial charge in [0, 0.05) is 11.4 Å². The van der Waals surface area contributed by atoms with E-state index in [4.69, 9.17) is 0 Å². The first kappa shape index (κ1) is 17.0. The van der Waals surface area contributed by atoms with E-state index >= 15 is 0 Å². The summed E-state index contributed by atoms with van der Waals surface area (Å²) in [5, 5.41) is 2.70. The number of sulfonamides is 1. The van der Waals surface area contributed by atoms with E-state index in [2.05, 4.69) is 10.0 Å². The van der Waals surface area contributed by atoms with Crippen molar-refractivity contribution in [1.82, 2.24) is 0 Å². The first-order valence-electron chi connectivity index (χ1n) is 7.29. The van der Waals surface area contributed by atoms with Crippen LogP contribution in [0.3, 0.4) is 0 Å². The minimum absolute atomic E-state index is 0.278. The monoisotopic (exact) mass is 332 g/mol. The van der Waals surface area contributed by atoms with Gasteiger partial charge in [0.2, 0.25) is 15.9 Å². The average Bonchev–Trinajstić information content (AvgIpc) is 2.50. The first-order valence-corrected chi connectivity index (χ1v) is 8.94. The Bertz CT molecular complexity index is 756. The number of para-hydroxylation sites is 1. The molecule has 1 unspecified atom stereocenters. The van der Waals surface area contributed by atoms with Gasteiger partial charge in [0.1, 0.15) is 0 Å². The van der Waals surface area contributed by atoms with Crippen LogP contribution in [0.2, 0.25) is 0 Å².